The Bertz CT molecular complexity index is 846. The fourth-order valence-electron chi connectivity index (χ4n) is 5.68. The second kappa shape index (κ2) is 5.92. The van der Waals surface area contributed by atoms with Gasteiger partial charge < -0.3 is 5.11 Å². The van der Waals surface area contributed by atoms with E-state index in [2.05, 4.69) is 15.5 Å². The molecule has 2 N–H and O–H groups in total. The normalized spacial score (nSPS) is 32.0. The number of aromatic nitrogens is 2. The monoisotopic (exact) mass is 389 g/mol. The van der Waals surface area contributed by atoms with E-state index in [4.69, 9.17) is 11.6 Å². The summed E-state index contributed by atoms with van der Waals surface area (Å²) >= 11 is 7.40. The molecule has 4 aliphatic carbocycles. The van der Waals surface area contributed by atoms with Crippen molar-refractivity contribution in [3.63, 3.8) is 0 Å². The fourth-order valence-corrected chi connectivity index (χ4v) is 6.82. The van der Waals surface area contributed by atoms with E-state index in [0.717, 1.165) is 22.8 Å². The maximum absolute atomic E-state index is 12.4. The van der Waals surface area contributed by atoms with Crippen LogP contribution in [-0.4, -0.2) is 21.2 Å². The van der Waals surface area contributed by atoms with E-state index in [-0.39, 0.29) is 22.1 Å². The molecule has 1 aromatic carbocycles. The molecule has 7 heteroatoms. The number of benzene rings is 1. The van der Waals surface area contributed by atoms with E-state index < -0.39 is 0 Å². The number of nitrogens with one attached hydrogen (secondary N) is 1. The lowest BCUT2D eigenvalue weighted by Gasteiger charge is -2.55. The van der Waals surface area contributed by atoms with Crippen molar-refractivity contribution in [1.82, 2.24) is 10.2 Å². The van der Waals surface area contributed by atoms with E-state index in [1.54, 1.807) is 0 Å². The smallest absolute Gasteiger partial charge is 0.257 e. The third-order valence-corrected chi connectivity index (χ3v) is 7.74. The quantitative estimate of drug-likeness (QED) is 0.803. The van der Waals surface area contributed by atoms with Crippen LogP contribution in [0.25, 0.3) is 0 Å². The number of nitrogens with zero attached hydrogens (tertiary/aromatic N) is 2. The van der Waals surface area contributed by atoms with Gasteiger partial charge in [-0.05, 0) is 74.5 Å². The number of phenolic OH excluding ortho intramolecular Hbond substituents is 1. The predicted molar refractivity (Wildman–Crippen MR) is 101 cm³/mol. The molecule has 136 valence electrons. The van der Waals surface area contributed by atoms with Gasteiger partial charge in [0.1, 0.15) is 10.8 Å². The van der Waals surface area contributed by atoms with Gasteiger partial charge in [0.2, 0.25) is 5.13 Å². The lowest BCUT2D eigenvalue weighted by Crippen LogP contribution is -2.48. The third kappa shape index (κ3) is 2.70. The Morgan fingerprint density at radius 3 is 2.42 bits per heavy atom. The van der Waals surface area contributed by atoms with Crippen LogP contribution in [0, 0.1) is 17.8 Å². The van der Waals surface area contributed by atoms with Crippen molar-refractivity contribution in [3.05, 3.63) is 33.8 Å². The maximum atomic E-state index is 12.4. The van der Waals surface area contributed by atoms with Gasteiger partial charge in [0.05, 0.1) is 5.02 Å². The van der Waals surface area contributed by atoms with Crippen LogP contribution in [0.15, 0.2) is 18.2 Å². The summed E-state index contributed by atoms with van der Waals surface area (Å²) in [5.41, 5.74) is 0.580. The van der Waals surface area contributed by atoms with Gasteiger partial charge in [-0.3, -0.25) is 10.1 Å². The summed E-state index contributed by atoms with van der Waals surface area (Å²) in [5, 5.41) is 22.8. The van der Waals surface area contributed by atoms with E-state index in [9.17, 15) is 9.90 Å². The first-order valence-electron chi connectivity index (χ1n) is 9.15. The Morgan fingerprint density at radius 1 is 1.15 bits per heavy atom. The van der Waals surface area contributed by atoms with Crippen molar-refractivity contribution in [3.8, 4) is 5.75 Å². The Kier molecular flexibility index (Phi) is 3.76. The van der Waals surface area contributed by atoms with Crippen LogP contribution in [0.5, 0.6) is 5.75 Å². The first-order chi connectivity index (χ1) is 12.5. The van der Waals surface area contributed by atoms with Crippen LogP contribution in [0.2, 0.25) is 5.02 Å². The number of rotatable bonds is 3. The molecule has 5 nitrogen and oxygen atoms in total. The molecule has 6 rings (SSSR count). The molecule has 0 spiro atoms. The van der Waals surface area contributed by atoms with Gasteiger partial charge in [-0.1, -0.05) is 22.9 Å². The Hall–Kier alpha value is -1.66. The second-order valence-electron chi connectivity index (χ2n) is 8.23. The molecule has 0 atom stereocenters. The molecule has 4 fully saturated rings. The Labute approximate surface area is 160 Å². The van der Waals surface area contributed by atoms with Crippen molar-refractivity contribution in [2.24, 2.45) is 17.8 Å². The zero-order chi connectivity index (χ0) is 17.9. The molecule has 0 saturated heterocycles. The van der Waals surface area contributed by atoms with Crippen LogP contribution >= 0.6 is 22.9 Å². The number of amides is 1. The van der Waals surface area contributed by atoms with Crippen LogP contribution < -0.4 is 5.32 Å². The number of hydrogen-bond acceptors (Lipinski definition) is 5. The number of carbonyl (C=O) groups is 1. The molecule has 4 bridgehead atoms. The van der Waals surface area contributed by atoms with Gasteiger partial charge in [0, 0.05) is 11.0 Å². The lowest BCUT2D eigenvalue weighted by atomic mass is 9.50. The number of hydrogen-bond donors (Lipinski definition) is 2. The van der Waals surface area contributed by atoms with Crippen molar-refractivity contribution < 1.29 is 9.90 Å². The number of phenols is 1. The van der Waals surface area contributed by atoms with Gasteiger partial charge in [0.25, 0.3) is 5.91 Å². The van der Waals surface area contributed by atoms with Gasteiger partial charge in [-0.2, -0.15) is 0 Å². The molecule has 4 saturated carbocycles. The standard InChI is InChI=1S/C19H20ClN3O2S/c20-14-6-13(1-2-15(14)24)16(25)21-18-23-22-17(26-18)19-7-10-3-11(8-19)5-12(4-10)9-19/h1-2,6,10-12,24H,3-5,7-9H2,(H,21,23,25). The van der Waals surface area contributed by atoms with Crippen molar-refractivity contribution in [2.75, 3.05) is 5.32 Å². The van der Waals surface area contributed by atoms with Crippen molar-refractivity contribution in [1.29, 1.82) is 0 Å². The van der Waals surface area contributed by atoms with Crippen molar-refractivity contribution >= 4 is 34.0 Å². The molecular weight excluding hydrogens is 370 g/mol. The van der Waals surface area contributed by atoms with Gasteiger partial charge in [-0.25, -0.2) is 0 Å². The van der Waals surface area contributed by atoms with E-state index in [0.29, 0.717) is 10.7 Å². The molecule has 0 unspecified atom stereocenters. The summed E-state index contributed by atoms with van der Waals surface area (Å²) in [4.78, 5) is 12.4. The minimum Gasteiger partial charge on any atom is -0.506 e. The van der Waals surface area contributed by atoms with Gasteiger partial charge in [-0.15, -0.1) is 10.2 Å². The molecular formula is C19H20ClN3O2S. The largest absolute Gasteiger partial charge is 0.506 e. The molecule has 0 aliphatic heterocycles. The molecule has 2 aromatic rings. The molecule has 26 heavy (non-hydrogen) atoms. The number of halogens is 1. The van der Waals surface area contributed by atoms with Crippen LogP contribution in [0.3, 0.4) is 0 Å². The average Bonchev–Trinajstić information content (AvgIpc) is 3.05. The molecule has 1 amide bonds. The van der Waals surface area contributed by atoms with Crippen LogP contribution in [0.4, 0.5) is 5.13 Å². The zero-order valence-corrected chi connectivity index (χ0v) is 15.8. The van der Waals surface area contributed by atoms with Crippen LogP contribution in [-0.2, 0) is 5.41 Å². The number of anilines is 1. The Morgan fingerprint density at radius 2 is 1.81 bits per heavy atom. The highest BCUT2D eigenvalue weighted by Gasteiger charge is 2.53. The number of carbonyl (C=O) groups excluding carboxylic acids is 1. The summed E-state index contributed by atoms with van der Waals surface area (Å²) in [5.74, 6) is 2.22. The highest BCUT2D eigenvalue weighted by molar-refractivity contribution is 7.15. The topological polar surface area (TPSA) is 75.1 Å². The maximum Gasteiger partial charge on any atom is 0.257 e. The molecule has 4 aliphatic rings. The minimum atomic E-state index is -0.292. The van der Waals surface area contributed by atoms with E-state index in [1.807, 2.05) is 0 Å². The SMILES string of the molecule is O=C(Nc1nnc(C23CC4CC(CC(C4)C2)C3)s1)c1ccc(O)c(Cl)c1. The van der Waals surface area contributed by atoms with Gasteiger partial charge >= 0.3 is 0 Å². The lowest BCUT2D eigenvalue weighted by molar-refractivity contribution is -0.00555. The Balaban J connectivity index is 1.36. The summed E-state index contributed by atoms with van der Waals surface area (Å²) in [6.45, 7) is 0. The molecule has 1 heterocycles. The van der Waals surface area contributed by atoms with Gasteiger partial charge in [0.15, 0.2) is 0 Å². The first-order valence-corrected chi connectivity index (χ1v) is 10.3. The molecule has 0 radical (unpaired) electrons. The average molecular weight is 390 g/mol. The summed E-state index contributed by atoms with van der Waals surface area (Å²) in [6.07, 6.45) is 7.87. The van der Waals surface area contributed by atoms with E-state index in [1.165, 1.54) is 68.1 Å². The zero-order valence-electron chi connectivity index (χ0n) is 14.2. The highest BCUT2D eigenvalue weighted by atomic mass is 35.5. The van der Waals surface area contributed by atoms with E-state index >= 15 is 0 Å². The third-order valence-electron chi connectivity index (χ3n) is 6.35. The summed E-state index contributed by atoms with van der Waals surface area (Å²) in [6, 6.07) is 4.41. The second-order valence-corrected chi connectivity index (χ2v) is 9.62. The predicted octanol–water partition coefficient (Wildman–Crippen LogP) is 4.62. The van der Waals surface area contributed by atoms with Crippen LogP contribution in [0.1, 0.15) is 53.9 Å². The molecule has 1 aromatic heterocycles. The minimum absolute atomic E-state index is 0.0387. The number of aromatic hydroxyl groups is 1. The summed E-state index contributed by atoms with van der Waals surface area (Å²) < 4.78 is 0. The van der Waals surface area contributed by atoms with Crippen molar-refractivity contribution in [2.45, 2.75) is 43.9 Å². The highest BCUT2D eigenvalue weighted by Crippen LogP contribution is 2.61. The fraction of sp³-hybridized carbons (Fsp3) is 0.526. The summed E-state index contributed by atoms with van der Waals surface area (Å²) in [7, 11) is 0. The first kappa shape index (κ1) is 16.5.